The molecule has 0 atom stereocenters. The number of hydrogen-bond donors (Lipinski definition) is 2. The van der Waals surface area contributed by atoms with Gasteiger partial charge in [-0.25, -0.2) is 12.8 Å². The van der Waals surface area contributed by atoms with Gasteiger partial charge in [-0.2, -0.15) is 0 Å². The molecule has 2 aromatic rings. The Morgan fingerprint density at radius 3 is 2.47 bits per heavy atom. The summed E-state index contributed by atoms with van der Waals surface area (Å²) in [6.07, 6.45) is 0. The quantitative estimate of drug-likeness (QED) is 0.840. The highest BCUT2D eigenvalue weighted by molar-refractivity contribution is 9.10. The van der Waals surface area contributed by atoms with Crippen molar-refractivity contribution in [3.05, 3.63) is 52.8 Å². The topological polar surface area (TPSA) is 66.4 Å². The fourth-order valence-electron chi connectivity index (χ4n) is 1.46. The molecule has 0 radical (unpaired) electrons. The van der Waals surface area contributed by atoms with Crippen LogP contribution in [0.25, 0.3) is 0 Å². The number of sulfonamides is 1. The third-order valence-corrected chi connectivity index (χ3v) is 4.40. The van der Waals surface area contributed by atoms with Gasteiger partial charge in [-0.15, -0.1) is 0 Å². The summed E-state index contributed by atoms with van der Waals surface area (Å²) in [6.45, 7) is 0. The Kier molecular flexibility index (Phi) is 3.77. The number of phenols is 1. The Morgan fingerprint density at radius 1 is 1.11 bits per heavy atom. The second-order valence-electron chi connectivity index (χ2n) is 3.67. The summed E-state index contributed by atoms with van der Waals surface area (Å²) >= 11 is 3.07. The van der Waals surface area contributed by atoms with E-state index in [2.05, 4.69) is 20.7 Å². The van der Waals surface area contributed by atoms with Gasteiger partial charge in [0.2, 0.25) is 0 Å². The zero-order valence-electron chi connectivity index (χ0n) is 9.47. The van der Waals surface area contributed by atoms with Crippen molar-refractivity contribution in [1.29, 1.82) is 0 Å². The highest BCUT2D eigenvalue weighted by atomic mass is 79.9. The number of anilines is 1. The van der Waals surface area contributed by atoms with E-state index in [1.54, 1.807) is 12.1 Å². The Morgan fingerprint density at radius 2 is 1.79 bits per heavy atom. The van der Waals surface area contributed by atoms with Gasteiger partial charge in [-0.3, -0.25) is 4.72 Å². The number of halogens is 2. The van der Waals surface area contributed by atoms with Gasteiger partial charge >= 0.3 is 0 Å². The standard InChI is InChI=1S/C12H9BrFNO3S/c13-8-4-3-6-10(12(8)16)15-19(17,18)11-7-2-1-5-9(11)14/h1-7,15-16H. The normalized spacial score (nSPS) is 11.3. The molecule has 0 saturated carbocycles. The average Bonchev–Trinajstić information content (AvgIpc) is 2.35. The minimum absolute atomic E-state index is 0.0300. The van der Waals surface area contributed by atoms with Crippen molar-refractivity contribution in [2.24, 2.45) is 0 Å². The maximum absolute atomic E-state index is 13.5. The molecule has 0 amide bonds. The average molecular weight is 346 g/mol. The van der Waals surface area contributed by atoms with Crippen LogP contribution in [0.4, 0.5) is 10.1 Å². The van der Waals surface area contributed by atoms with E-state index in [0.717, 1.165) is 12.1 Å². The predicted octanol–water partition coefficient (Wildman–Crippen LogP) is 3.09. The number of nitrogens with one attached hydrogen (secondary N) is 1. The molecule has 19 heavy (non-hydrogen) atoms. The molecule has 0 heterocycles. The summed E-state index contributed by atoms with van der Waals surface area (Å²) < 4.78 is 40.0. The molecule has 2 aromatic carbocycles. The smallest absolute Gasteiger partial charge is 0.264 e. The van der Waals surface area contributed by atoms with Crippen LogP contribution in [-0.4, -0.2) is 13.5 Å². The van der Waals surface area contributed by atoms with Crippen molar-refractivity contribution in [3.63, 3.8) is 0 Å². The van der Waals surface area contributed by atoms with Crippen molar-refractivity contribution in [2.75, 3.05) is 4.72 Å². The first-order valence-electron chi connectivity index (χ1n) is 5.16. The van der Waals surface area contributed by atoms with Gasteiger partial charge in [0.1, 0.15) is 10.7 Å². The number of para-hydroxylation sites is 1. The van der Waals surface area contributed by atoms with Crippen molar-refractivity contribution >= 4 is 31.6 Å². The highest BCUT2D eigenvalue weighted by Gasteiger charge is 2.20. The van der Waals surface area contributed by atoms with E-state index < -0.39 is 20.7 Å². The third-order valence-electron chi connectivity index (χ3n) is 2.36. The number of phenolic OH excluding ortho intramolecular Hbond substituents is 1. The van der Waals surface area contributed by atoms with Gasteiger partial charge in [0.15, 0.2) is 5.75 Å². The summed E-state index contributed by atoms with van der Waals surface area (Å²) in [5, 5.41) is 9.71. The van der Waals surface area contributed by atoms with Gasteiger partial charge in [0, 0.05) is 0 Å². The molecule has 100 valence electrons. The molecule has 2 rings (SSSR count). The molecule has 0 bridgehead atoms. The first-order valence-corrected chi connectivity index (χ1v) is 7.44. The molecular formula is C12H9BrFNO3S. The van der Waals surface area contributed by atoms with Crippen LogP contribution in [0, 0.1) is 5.82 Å². The van der Waals surface area contributed by atoms with E-state index in [9.17, 15) is 17.9 Å². The molecule has 0 aliphatic carbocycles. The Balaban J connectivity index is 2.43. The predicted molar refractivity (Wildman–Crippen MR) is 73.0 cm³/mol. The molecule has 4 nitrogen and oxygen atoms in total. The number of aromatic hydroxyl groups is 1. The van der Waals surface area contributed by atoms with Crippen LogP contribution in [0.2, 0.25) is 0 Å². The monoisotopic (exact) mass is 345 g/mol. The molecule has 7 heteroatoms. The lowest BCUT2D eigenvalue weighted by Crippen LogP contribution is -2.14. The fourth-order valence-corrected chi connectivity index (χ4v) is 2.97. The van der Waals surface area contributed by atoms with E-state index in [-0.39, 0.29) is 11.4 Å². The van der Waals surface area contributed by atoms with Crippen LogP contribution < -0.4 is 4.72 Å². The molecule has 0 aliphatic rings. The minimum Gasteiger partial charge on any atom is -0.505 e. The van der Waals surface area contributed by atoms with Gasteiger partial charge < -0.3 is 5.11 Å². The van der Waals surface area contributed by atoms with Crippen molar-refractivity contribution < 1.29 is 17.9 Å². The molecule has 0 fully saturated rings. The maximum atomic E-state index is 13.5. The molecule has 0 aliphatic heterocycles. The summed E-state index contributed by atoms with van der Waals surface area (Å²) in [7, 11) is -4.09. The molecule has 2 N–H and O–H groups in total. The van der Waals surface area contributed by atoms with E-state index in [1.165, 1.54) is 18.2 Å². The Labute approximate surface area is 118 Å². The lowest BCUT2D eigenvalue weighted by Gasteiger charge is -2.10. The molecule has 0 aromatic heterocycles. The van der Waals surface area contributed by atoms with Gasteiger partial charge in [0.05, 0.1) is 10.2 Å². The first-order chi connectivity index (χ1) is 8.92. The lowest BCUT2D eigenvalue weighted by molar-refractivity contribution is 0.474. The van der Waals surface area contributed by atoms with E-state index in [0.29, 0.717) is 4.47 Å². The van der Waals surface area contributed by atoms with Crippen molar-refractivity contribution in [1.82, 2.24) is 0 Å². The number of hydrogen-bond acceptors (Lipinski definition) is 3. The number of rotatable bonds is 3. The highest BCUT2D eigenvalue weighted by Crippen LogP contribution is 2.33. The van der Waals surface area contributed by atoms with Crippen molar-refractivity contribution in [3.8, 4) is 5.75 Å². The van der Waals surface area contributed by atoms with Crippen LogP contribution >= 0.6 is 15.9 Å². The SMILES string of the molecule is O=S(=O)(Nc1cccc(Br)c1O)c1ccccc1F. The summed E-state index contributed by atoms with van der Waals surface area (Å²) in [5.41, 5.74) is -0.0300. The summed E-state index contributed by atoms with van der Waals surface area (Å²) in [6, 6.07) is 9.48. The zero-order valence-corrected chi connectivity index (χ0v) is 11.9. The fraction of sp³-hybridized carbons (Fsp3) is 0. The van der Waals surface area contributed by atoms with Crippen LogP contribution in [0.3, 0.4) is 0 Å². The summed E-state index contributed by atoms with van der Waals surface area (Å²) in [5.74, 6) is -1.12. The van der Waals surface area contributed by atoms with Crippen LogP contribution in [0.15, 0.2) is 51.8 Å². The van der Waals surface area contributed by atoms with E-state index in [4.69, 9.17) is 0 Å². The number of benzene rings is 2. The van der Waals surface area contributed by atoms with Gasteiger partial charge in [-0.1, -0.05) is 18.2 Å². The maximum Gasteiger partial charge on any atom is 0.264 e. The van der Waals surface area contributed by atoms with Gasteiger partial charge in [0.25, 0.3) is 10.0 Å². The molecule has 0 saturated heterocycles. The minimum atomic E-state index is -4.09. The van der Waals surface area contributed by atoms with E-state index >= 15 is 0 Å². The van der Waals surface area contributed by atoms with Crippen molar-refractivity contribution in [2.45, 2.75) is 4.90 Å². The lowest BCUT2D eigenvalue weighted by atomic mass is 10.3. The van der Waals surface area contributed by atoms with Gasteiger partial charge in [-0.05, 0) is 40.2 Å². The summed E-state index contributed by atoms with van der Waals surface area (Å²) in [4.78, 5) is -0.477. The second kappa shape index (κ2) is 5.18. The first kappa shape index (κ1) is 13.8. The van der Waals surface area contributed by atoms with E-state index in [1.807, 2.05) is 0 Å². The van der Waals surface area contributed by atoms with Crippen LogP contribution in [0.5, 0.6) is 5.75 Å². The molecular weight excluding hydrogens is 337 g/mol. The molecule has 0 spiro atoms. The second-order valence-corrected chi connectivity index (χ2v) is 6.18. The third kappa shape index (κ3) is 2.87. The van der Waals surface area contributed by atoms with Crippen LogP contribution in [-0.2, 0) is 10.0 Å². The molecule has 0 unspecified atom stereocenters. The Bertz CT molecular complexity index is 719. The largest absolute Gasteiger partial charge is 0.505 e. The Hall–Kier alpha value is -1.60. The van der Waals surface area contributed by atoms with Crippen LogP contribution in [0.1, 0.15) is 0 Å². The zero-order chi connectivity index (χ0) is 14.0.